The number of nitrogens with zero attached hydrogens (tertiary/aromatic N) is 4. The number of benzene rings is 1. The van der Waals surface area contributed by atoms with E-state index in [1.807, 2.05) is 6.92 Å². The Morgan fingerprint density at radius 1 is 1.10 bits per heavy atom. The van der Waals surface area contributed by atoms with Crippen LogP contribution in [0.4, 0.5) is 5.82 Å². The first kappa shape index (κ1) is 20.5. The monoisotopic (exact) mass is 418 g/mol. The van der Waals surface area contributed by atoms with Gasteiger partial charge in [-0.15, -0.1) is 0 Å². The summed E-state index contributed by atoms with van der Waals surface area (Å²) < 4.78 is 0. The summed E-state index contributed by atoms with van der Waals surface area (Å²) in [5.41, 5.74) is 2.49. The van der Waals surface area contributed by atoms with Gasteiger partial charge in [0.15, 0.2) is 0 Å². The minimum absolute atomic E-state index is 0.289. The molecule has 2 aromatic rings. The van der Waals surface area contributed by atoms with Crippen molar-refractivity contribution < 1.29 is 4.79 Å². The van der Waals surface area contributed by atoms with Gasteiger partial charge in [-0.2, -0.15) is 0 Å². The van der Waals surface area contributed by atoms with Gasteiger partial charge < -0.3 is 9.80 Å². The van der Waals surface area contributed by atoms with E-state index in [4.69, 9.17) is 4.98 Å². The number of hydrogen-bond acceptors (Lipinski definition) is 4. The summed E-state index contributed by atoms with van der Waals surface area (Å²) >= 11 is 0. The molecule has 0 spiro atoms. The van der Waals surface area contributed by atoms with Gasteiger partial charge >= 0.3 is 0 Å². The van der Waals surface area contributed by atoms with Crippen molar-refractivity contribution >= 4 is 11.7 Å². The van der Waals surface area contributed by atoms with Crippen LogP contribution >= 0.6 is 0 Å². The van der Waals surface area contributed by atoms with Crippen LogP contribution in [0.5, 0.6) is 0 Å². The molecule has 0 aliphatic carbocycles. The lowest BCUT2D eigenvalue weighted by Gasteiger charge is -2.57. The molecule has 5 heteroatoms. The Kier molecular flexibility index (Phi) is 5.68. The maximum absolute atomic E-state index is 13.1. The van der Waals surface area contributed by atoms with Crippen LogP contribution in [-0.2, 0) is 17.6 Å². The minimum atomic E-state index is 0.289. The van der Waals surface area contributed by atoms with E-state index < -0.39 is 0 Å². The first-order chi connectivity index (χ1) is 15.1. The van der Waals surface area contributed by atoms with E-state index in [2.05, 4.69) is 58.1 Å². The molecule has 1 aromatic carbocycles. The van der Waals surface area contributed by atoms with Crippen molar-refractivity contribution in [2.45, 2.75) is 70.9 Å². The van der Waals surface area contributed by atoms with Crippen LogP contribution in [0.3, 0.4) is 0 Å². The Hall–Kier alpha value is -2.43. The highest BCUT2D eigenvalue weighted by Gasteiger charge is 2.49. The molecule has 1 amide bonds. The Labute approximate surface area is 185 Å². The van der Waals surface area contributed by atoms with Crippen molar-refractivity contribution in [3.05, 3.63) is 53.5 Å². The van der Waals surface area contributed by atoms with E-state index in [1.54, 1.807) is 0 Å². The SMILES string of the molecule is CCCc1cc(N2C[C@H]3C[C@@H](C2)[C@H](Cc2ccccc2)N2C(=O)CCC[C@@H]32)nc(C)n1. The molecular weight excluding hydrogens is 384 g/mol. The molecule has 5 rings (SSSR count). The van der Waals surface area contributed by atoms with Crippen molar-refractivity contribution in [1.29, 1.82) is 0 Å². The summed E-state index contributed by atoms with van der Waals surface area (Å²) in [5.74, 6) is 3.36. The number of piperidine rings is 3. The normalized spacial score (nSPS) is 27.9. The van der Waals surface area contributed by atoms with Crippen LogP contribution in [0.1, 0.15) is 56.1 Å². The van der Waals surface area contributed by atoms with Crippen LogP contribution in [0.2, 0.25) is 0 Å². The summed E-state index contributed by atoms with van der Waals surface area (Å²) in [6.07, 6.45) is 7.18. The molecule has 3 fully saturated rings. The van der Waals surface area contributed by atoms with Crippen molar-refractivity contribution in [3.8, 4) is 0 Å². The Bertz CT molecular complexity index is 930. The maximum atomic E-state index is 13.1. The van der Waals surface area contributed by atoms with Crippen LogP contribution in [0, 0.1) is 18.8 Å². The van der Waals surface area contributed by atoms with E-state index in [0.29, 0.717) is 23.8 Å². The van der Waals surface area contributed by atoms with Crippen molar-refractivity contribution in [3.63, 3.8) is 0 Å². The summed E-state index contributed by atoms with van der Waals surface area (Å²) in [7, 11) is 0. The van der Waals surface area contributed by atoms with Crippen molar-refractivity contribution in [2.75, 3.05) is 18.0 Å². The third-order valence-corrected chi connectivity index (χ3v) is 7.49. The van der Waals surface area contributed by atoms with E-state index in [9.17, 15) is 4.79 Å². The van der Waals surface area contributed by atoms with Gasteiger partial charge in [0, 0.05) is 43.4 Å². The van der Waals surface area contributed by atoms with E-state index in [-0.39, 0.29) is 6.04 Å². The van der Waals surface area contributed by atoms with Crippen molar-refractivity contribution in [1.82, 2.24) is 14.9 Å². The number of hydrogen-bond donors (Lipinski definition) is 0. The number of aryl methyl sites for hydroxylation is 2. The molecule has 0 saturated carbocycles. The number of rotatable bonds is 5. The number of amides is 1. The average Bonchev–Trinajstić information content (AvgIpc) is 2.77. The number of carbonyl (C=O) groups is 1. The quantitative estimate of drug-likeness (QED) is 0.731. The highest BCUT2D eigenvalue weighted by molar-refractivity contribution is 5.78. The van der Waals surface area contributed by atoms with Gasteiger partial charge in [0.1, 0.15) is 11.6 Å². The lowest BCUT2D eigenvalue weighted by molar-refractivity contribution is -0.148. The highest BCUT2D eigenvalue weighted by Crippen LogP contribution is 2.43. The van der Waals surface area contributed by atoms with Crippen molar-refractivity contribution in [2.24, 2.45) is 11.8 Å². The molecule has 3 aliphatic rings. The molecule has 0 radical (unpaired) electrons. The highest BCUT2D eigenvalue weighted by atomic mass is 16.2. The Balaban J connectivity index is 1.46. The van der Waals surface area contributed by atoms with E-state index in [0.717, 1.165) is 69.0 Å². The molecule has 4 heterocycles. The van der Waals surface area contributed by atoms with Crippen LogP contribution < -0.4 is 4.90 Å². The average molecular weight is 419 g/mol. The van der Waals surface area contributed by atoms with E-state index in [1.165, 1.54) is 12.0 Å². The zero-order valence-corrected chi connectivity index (χ0v) is 18.8. The smallest absolute Gasteiger partial charge is 0.223 e. The van der Waals surface area contributed by atoms with Gasteiger partial charge in [0.05, 0.1) is 0 Å². The molecule has 0 N–H and O–H groups in total. The fourth-order valence-electron chi connectivity index (χ4n) is 6.24. The van der Waals surface area contributed by atoms with Gasteiger partial charge in [-0.1, -0.05) is 43.7 Å². The second-order valence-corrected chi connectivity index (χ2v) is 9.69. The van der Waals surface area contributed by atoms with Gasteiger partial charge in [-0.25, -0.2) is 9.97 Å². The van der Waals surface area contributed by atoms with E-state index >= 15 is 0 Å². The van der Waals surface area contributed by atoms with Crippen LogP contribution in [0.15, 0.2) is 36.4 Å². The number of anilines is 1. The standard InChI is InChI=1S/C26H34N4O/c1-3-8-22-15-25(28-18(2)27-22)29-16-20-14-21(17-29)24(13-19-9-5-4-6-10-19)30-23(20)11-7-12-26(30)31/h4-6,9-10,15,20-21,23-24H,3,7-8,11-14,16-17H2,1-2H3/t20-,21+,23+,24+/m1/s1. The third kappa shape index (κ3) is 4.07. The molecule has 3 saturated heterocycles. The molecular formula is C26H34N4O. The number of aromatic nitrogens is 2. The lowest BCUT2D eigenvalue weighted by Crippen LogP contribution is -2.65. The number of carbonyl (C=O) groups excluding carboxylic acids is 1. The first-order valence-corrected chi connectivity index (χ1v) is 12.1. The molecule has 5 nitrogen and oxygen atoms in total. The second-order valence-electron chi connectivity index (χ2n) is 9.69. The lowest BCUT2D eigenvalue weighted by atomic mass is 9.71. The fourth-order valence-corrected chi connectivity index (χ4v) is 6.24. The largest absolute Gasteiger partial charge is 0.356 e. The summed E-state index contributed by atoms with van der Waals surface area (Å²) in [6, 6.07) is 13.6. The molecule has 1 aromatic heterocycles. The van der Waals surface area contributed by atoms with Gasteiger partial charge in [0.25, 0.3) is 0 Å². The topological polar surface area (TPSA) is 49.3 Å². The predicted octanol–water partition coefficient (Wildman–Crippen LogP) is 4.19. The van der Waals surface area contributed by atoms with Gasteiger partial charge in [-0.05, 0) is 56.4 Å². The number of fused-ring (bicyclic) bond motifs is 4. The fraction of sp³-hybridized carbons (Fsp3) is 0.577. The first-order valence-electron chi connectivity index (χ1n) is 12.1. The van der Waals surface area contributed by atoms with Crippen LogP contribution in [-0.4, -0.2) is 45.9 Å². The minimum Gasteiger partial charge on any atom is -0.356 e. The third-order valence-electron chi connectivity index (χ3n) is 7.49. The molecule has 0 unspecified atom stereocenters. The maximum Gasteiger partial charge on any atom is 0.223 e. The molecule has 3 aliphatic heterocycles. The Morgan fingerprint density at radius 3 is 2.71 bits per heavy atom. The molecule has 31 heavy (non-hydrogen) atoms. The summed E-state index contributed by atoms with van der Waals surface area (Å²) in [5, 5.41) is 0. The Morgan fingerprint density at radius 2 is 1.90 bits per heavy atom. The summed E-state index contributed by atoms with van der Waals surface area (Å²) in [4.78, 5) is 27.4. The molecule has 2 bridgehead atoms. The van der Waals surface area contributed by atoms with Gasteiger partial charge in [0.2, 0.25) is 5.91 Å². The van der Waals surface area contributed by atoms with Gasteiger partial charge in [-0.3, -0.25) is 4.79 Å². The molecule has 4 atom stereocenters. The zero-order valence-electron chi connectivity index (χ0n) is 18.8. The predicted molar refractivity (Wildman–Crippen MR) is 123 cm³/mol. The molecule has 164 valence electrons. The summed E-state index contributed by atoms with van der Waals surface area (Å²) in [6.45, 7) is 6.19. The zero-order chi connectivity index (χ0) is 21.4. The van der Waals surface area contributed by atoms with Crippen LogP contribution in [0.25, 0.3) is 0 Å². The second kappa shape index (κ2) is 8.60.